The van der Waals surface area contributed by atoms with Gasteiger partial charge in [-0.1, -0.05) is 31.2 Å². The number of anilines is 2. The van der Waals surface area contributed by atoms with Crippen LogP contribution in [0.4, 0.5) is 11.6 Å². The second-order valence-electron chi connectivity index (χ2n) is 7.75. The molecule has 0 unspecified atom stereocenters. The predicted octanol–water partition coefficient (Wildman–Crippen LogP) is 3.78. The van der Waals surface area contributed by atoms with Crippen molar-refractivity contribution in [2.24, 2.45) is 0 Å². The fourth-order valence-electron chi connectivity index (χ4n) is 4.29. The smallest absolute Gasteiger partial charge is 0.213 e. The van der Waals surface area contributed by atoms with Crippen molar-refractivity contribution in [3.8, 4) is 0 Å². The molecule has 0 N–H and O–H groups in total. The Balaban J connectivity index is 1.51. The van der Waals surface area contributed by atoms with Crippen LogP contribution in [-0.4, -0.2) is 45.8 Å². The highest BCUT2D eigenvalue weighted by molar-refractivity contribution is 5.92. The molecule has 3 heterocycles. The zero-order valence-corrected chi connectivity index (χ0v) is 17.3. The third kappa shape index (κ3) is 2.90. The Kier molecular flexibility index (Phi) is 4.34. The van der Waals surface area contributed by atoms with Crippen LogP contribution in [0.15, 0.2) is 42.5 Å². The maximum Gasteiger partial charge on any atom is 0.213 e. The maximum atomic E-state index is 5.03. The summed E-state index contributed by atoms with van der Waals surface area (Å²) >= 11 is 0. The molecule has 6 heteroatoms. The van der Waals surface area contributed by atoms with Crippen LogP contribution in [0.25, 0.3) is 16.6 Å². The molecule has 5 rings (SSSR count). The summed E-state index contributed by atoms with van der Waals surface area (Å²) in [6.45, 7) is 10.3. The summed E-state index contributed by atoms with van der Waals surface area (Å²) in [5.74, 6) is 1.92. The summed E-state index contributed by atoms with van der Waals surface area (Å²) in [5, 5.41) is 9.99. The highest BCUT2D eigenvalue weighted by Crippen LogP contribution is 2.27. The van der Waals surface area contributed by atoms with Gasteiger partial charge in [-0.15, -0.1) is 10.2 Å². The first kappa shape index (κ1) is 17.9. The summed E-state index contributed by atoms with van der Waals surface area (Å²) in [7, 11) is 0. The average Bonchev–Trinajstić information content (AvgIpc) is 3.20. The van der Waals surface area contributed by atoms with Gasteiger partial charge in [0.2, 0.25) is 5.95 Å². The summed E-state index contributed by atoms with van der Waals surface area (Å²) in [4.78, 5) is 9.90. The number of aromatic nitrogens is 4. The average molecular weight is 387 g/mol. The first-order chi connectivity index (χ1) is 14.2. The molecule has 6 nitrogen and oxygen atoms in total. The number of para-hydroxylation sites is 1. The third-order valence-electron chi connectivity index (χ3n) is 6.09. The third-order valence-corrected chi connectivity index (χ3v) is 6.09. The van der Waals surface area contributed by atoms with E-state index >= 15 is 0 Å². The van der Waals surface area contributed by atoms with E-state index in [0.29, 0.717) is 0 Å². The Morgan fingerprint density at radius 3 is 2.41 bits per heavy atom. The molecule has 2 aromatic heterocycles. The topological polar surface area (TPSA) is 49.6 Å². The molecule has 1 aliphatic rings. The number of aryl methyl sites for hydroxylation is 2. The molecule has 0 saturated carbocycles. The molecular weight excluding hydrogens is 360 g/mol. The van der Waals surface area contributed by atoms with Gasteiger partial charge in [0.15, 0.2) is 5.65 Å². The van der Waals surface area contributed by atoms with Gasteiger partial charge in [-0.05, 0) is 43.2 Å². The van der Waals surface area contributed by atoms with Crippen LogP contribution in [0.3, 0.4) is 0 Å². The minimum atomic E-state index is 0.830. The standard InChI is InChI=1S/C23H26N6/c1-4-21-25-26-22-18-9-5-6-10-19(18)24-23(29(21)22)28-14-12-27(13-15-28)20-11-7-8-16(2)17(20)3/h5-11H,4,12-15H2,1-3H3. The molecule has 1 saturated heterocycles. The van der Waals surface area contributed by atoms with Crippen molar-refractivity contribution in [3.05, 3.63) is 59.4 Å². The molecule has 4 aromatic rings. The van der Waals surface area contributed by atoms with Crippen LogP contribution in [-0.2, 0) is 6.42 Å². The number of fused-ring (bicyclic) bond motifs is 3. The van der Waals surface area contributed by atoms with Crippen molar-refractivity contribution in [1.29, 1.82) is 0 Å². The van der Waals surface area contributed by atoms with Gasteiger partial charge in [0, 0.05) is 43.7 Å². The number of rotatable bonds is 3. The molecule has 0 spiro atoms. The van der Waals surface area contributed by atoms with Crippen LogP contribution in [0.5, 0.6) is 0 Å². The lowest BCUT2D eigenvalue weighted by Gasteiger charge is -2.37. The van der Waals surface area contributed by atoms with Crippen LogP contribution in [0.2, 0.25) is 0 Å². The number of nitrogens with zero attached hydrogens (tertiary/aromatic N) is 6. The molecule has 0 atom stereocenters. The van der Waals surface area contributed by atoms with Crippen molar-refractivity contribution in [3.63, 3.8) is 0 Å². The van der Waals surface area contributed by atoms with E-state index in [1.807, 2.05) is 12.1 Å². The van der Waals surface area contributed by atoms with Crippen molar-refractivity contribution < 1.29 is 0 Å². The first-order valence-electron chi connectivity index (χ1n) is 10.4. The first-order valence-corrected chi connectivity index (χ1v) is 10.4. The zero-order valence-electron chi connectivity index (χ0n) is 17.3. The molecule has 1 fully saturated rings. The Morgan fingerprint density at radius 2 is 1.62 bits per heavy atom. The molecule has 0 amide bonds. The number of hydrogen-bond acceptors (Lipinski definition) is 5. The number of hydrogen-bond donors (Lipinski definition) is 0. The SMILES string of the molecule is CCc1nnc2c3ccccc3nc(N3CCN(c4cccc(C)c4C)CC3)n12. The quantitative estimate of drug-likeness (QED) is 0.536. The fourth-order valence-corrected chi connectivity index (χ4v) is 4.29. The molecule has 2 aromatic carbocycles. The molecule has 1 aliphatic heterocycles. The van der Waals surface area contributed by atoms with E-state index in [9.17, 15) is 0 Å². The number of piperazine rings is 1. The molecule has 0 radical (unpaired) electrons. The van der Waals surface area contributed by atoms with Gasteiger partial charge in [-0.25, -0.2) is 9.38 Å². The molecule has 148 valence electrons. The van der Waals surface area contributed by atoms with Crippen molar-refractivity contribution in [2.75, 3.05) is 36.0 Å². The molecular formula is C23H26N6. The van der Waals surface area contributed by atoms with Gasteiger partial charge < -0.3 is 9.80 Å². The Morgan fingerprint density at radius 1 is 0.862 bits per heavy atom. The Hall–Kier alpha value is -3.15. The lowest BCUT2D eigenvalue weighted by Crippen LogP contribution is -2.47. The normalized spacial score (nSPS) is 14.9. The van der Waals surface area contributed by atoms with E-state index in [2.05, 4.69) is 75.5 Å². The van der Waals surface area contributed by atoms with Crippen LogP contribution >= 0.6 is 0 Å². The van der Waals surface area contributed by atoms with Crippen molar-refractivity contribution >= 4 is 28.2 Å². The van der Waals surface area contributed by atoms with Gasteiger partial charge in [-0.3, -0.25) is 0 Å². The Bertz CT molecular complexity index is 1190. The van der Waals surface area contributed by atoms with Gasteiger partial charge in [0.1, 0.15) is 5.82 Å². The van der Waals surface area contributed by atoms with Gasteiger partial charge in [0.05, 0.1) is 5.52 Å². The monoisotopic (exact) mass is 386 g/mol. The van der Waals surface area contributed by atoms with E-state index in [1.54, 1.807) is 0 Å². The molecule has 29 heavy (non-hydrogen) atoms. The zero-order chi connectivity index (χ0) is 20.0. The van der Waals surface area contributed by atoms with E-state index in [4.69, 9.17) is 4.98 Å². The predicted molar refractivity (Wildman–Crippen MR) is 118 cm³/mol. The highest BCUT2D eigenvalue weighted by Gasteiger charge is 2.24. The highest BCUT2D eigenvalue weighted by atomic mass is 15.4. The summed E-state index contributed by atoms with van der Waals surface area (Å²) < 4.78 is 2.15. The van der Waals surface area contributed by atoms with Crippen molar-refractivity contribution in [2.45, 2.75) is 27.2 Å². The maximum absolute atomic E-state index is 5.03. The van der Waals surface area contributed by atoms with E-state index in [0.717, 1.165) is 60.9 Å². The molecule has 0 aliphatic carbocycles. The van der Waals surface area contributed by atoms with Crippen molar-refractivity contribution in [1.82, 2.24) is 19.6 Å². The van der Waals surface area contributed by atoms with E-state index in [1.165, 1.54) is 16.8 Å². The van der Waals surface area contributed by atoms with Crippen LogP contribution in [0, 0.1) is 13.8 Å². The lowest BCUT2D eigenvalue weighted by atomic mass is 10.1. The Labute approximate surface area is 170 Å². The summed E-state index contributed by atoms with van der Waals surface area (Å²) in [6.07, 6.45) is 0.830. The second-order valence-corrected chi connectivity index (χ2v) is 7.75. The van der Waals surface area contributed by atoms with Crippen LogP contribution < -0.4 is 9.80 Å². The number of benzene rings is 2. The van der Waals surface area contributed by atoms with E-state index in [-0.39, 0.29) is 0 Å². The van der Waals surface area contributed by atoms with E-state index < -0.39 is 0 Å². The lowest BCUT2D eigenvalue weighted by molar-refractivity contribution is 0.634. The van der Waals surface area contributed by atoms with Gasteiger partial charge >= 0.3 is 0 Å². The minimum absolute atomic E-state index is 0.830. The second kappa shape index (κ2) is 7.03. The minimum Gasteiger partial charge on any atom is -0.368 e. The largest absolute Gasteiger partial charge is 0.368 e. The molecule has 0 bridgehead atoms. The summed E-state index contributed by atoms with van der Waals surface area (Å²) in [5.41, 5.74) is 5.94. The van der Waals surface area contributed by atoms with Crippen LogP contribution in [0.1, 0.15) is 23.9 Å². The van der Waals surface area contributed by atoms with Gasteiger partial charge in [0.25, 0.3) is 0 Å². The van der Waals surface area contributed by atoms with Gasteiger partial charge in [-0.2, -0.15) is 0 Å². The summed E-state index contributed by atoms with van der Waals surface area (Å²) in [6, 6.07) is 14.8. The fraction of sp³-hybridized carbons (Fsp3) is 0.348.